The average Bonchev–Trinajstić information content (AvgIpc) is 2.91. The Bertz CT molecular complexity index is 925. The van der Waals surface area contributed by atoms with E-state index in [9.17, 15) is 9.59 Å². The van der Waals surface area contributed by atoms with Gasteiger partial charge in [0.25, 0.3) is 5.91 Å². The second kappa shape index (κ2) is 6.45. The van der Waals surface area contributed by atoms with Gasteiger partial charge < -0.3 is 15.2 Å². The first-order chi connectivity index (χ1) is 11.5. The zero-order valence-electron chi connectivity index (χ0n) is 14.1. The predicted molar refractivity (Wildman–Crippen MR) is 96.7 cm³/mol. The highest BCUT2D eigenvalue weighted by molar-refractivity contribution is 6.16. The monoisotopic (exact) mass is 323 g/mol. The van der Waals surface area contributed by atoms with E-state index < -0.39 is 0 Å². The lowest BCUT2D eigenvalue weighted by Crippen LogP contribution is -2.31. The largest absolute Gasteiger partial charge is 0.354 e. The number of benzene rings is 2. The Kier molecular flexibility index (Phi) is 4.36. The van der Waals surface area contributed by atoms with Crippen molar-refractivity contribution in [2.24, 2.45) is 0 Å². The number of amides is 1. The van der Waals surface area contributed by atoms with Gasteiger partial charge in [0.2, 0.25) is 0 Å². The third-order valence-electron chi connectivity index (χ3n) is 4.13. The van der Waals surface area contributed by atoms with Crippen LogP contribution >= 0.6 is 0 Å². The molecule has 0 spiro atoms. The Labute approximate surface area is 140 Å². The highest BCUT2D eigenvalue weighted by Gasteiger charge is 2.14. The molecular formula is C19H21N3O2. The summed E-state index contributed by atoms with van der Waals surface area (Å²) >= 11 is 0. The Morgan fingerprint density at radius 2 is 1.92 bits per heavy atom. The molecule has 1 amide bonds. The number of hydrogen-bond acceptors (Lipinski definition) is 3. The van der Waals surface area contributed by atoms with Crippen molar-refractivity contribution in [1.82, 2.24) is 15.2 Å². The first kappa shape index (κ1) is 16.2. The molecule has 0 fully saturated rings. The van der Waals surface area contributed by atoms with Crippen molar-refractivity contribution in [3.05, 3.63) is 47.5 Å². The fourth-order valence-electron chi connectivity index (χ4n) is 2.82. The van der Waals surface area contributed by atoms with E-state index in [1.807, 2.05) is 49.3 Å². The van der Waals surface area contributed by atoms with Gasteiger partial charge in [-0.2, -0.15) is 0 Å². The molecule has 0 radical (unpaired) electrons. The Hall–Kier alpha value is -2.66. The summed E-state index contributed by atoms with van der Waals surface area (Å²) in [6, 6.07) is 11.2. The number of aromatic nitrogens is 1. The van der Waals surface area contributed by atoms with Crippen LogP contribution in [0.3, 0.4) is 0 Å². The zero-order valence-corrected chi connectivity index (χ0v) is 14.1. The number of likely N-dealkylation sites (N-methyl/N-ethyl adjacent to an activating group) is 1. The third kappa shape index (κ3) is 3.03. The first-order valence-electron chi connectivity index (χ1n) is 7.95. The molecule has 0 saturated heterocycles. The number of H-pyrrole nitrogens is 1. The number of Topliss-reactive ketones (excluding diaryl/α,β-unsaturated/α-hetero) is 1. The van der Waals surface area contributed by atoms with Gasteiger partial charge in [0, 0.05) is 34.9 Å². The summed E-state index contributed by atoms with van der Waals surface area (Å²) in [5.41, 5.74) is 3.01. The third-order valence-corrected chi connectivity index (χ3v) is 4.13. The van der Waals surface area contributed by atoms with Crippen molar-refractivity contribution in [3.8, 4) is 0 Å². The van der Waals surface area contributed by atoms with Gasteiger partial charge in [-0.25, -0.2) is 0 Å². The molecule has 2 N–H and O–H groups in total. The molecule has 124 valence electrons. The summed E-state index contributed by atoms with van der Waals surface area (Å²) in [6.07, 6.45) is 0. The van der Waals surface area contributed by atoms with E-state index in [0.29, 0.717) is 17.7 Å². The van der Waals surface area contributed by atoms with Gasteiger partial charge in [-0.15, -0.1) is 0 Å². The molecule has 0 bridgehead atoms. The summed E-state index contributed by atoms with van der Waals surface area (Å²) in [7, 11) is 3.94. The maximum Gasteiger partial charge on any atom is 0.253 e. The van der Waals surface area contributed by atoms with Crippen LogP contribution in [0.5, 0.6) is 0 Å². The fraction of sp³-hybridized carbons (Fsp3) is 0.263. The summed E-state index contributed by atoms with van der Waals surface area (Å²) in [6.45, 7) is 2.94. The molecule has 0 aliphatic heterocycles. The van der Waals surface area contributed by atoms with Crippen LogP contribution < -0.4 is 5.32 Å². The standard InChI is InChI=1S/C19H21N3O2/c1-12(23)13-7-8-17-16(11-13)14-5-4-6-15(18(14)21-17)19(24)20-9-10-22(2)3/h4-8,11,21H,9-10H2,1-3H3,(H,20,24). The smallest absolute Gasteiger partial charge is 0.253 e. The van der Waals surface area contributed by atoms with Crippen LogP contribution in [0.15, 0.2) is 36.4 Å². The molecule has 0 saturated carbocycles. The van der Waals surface area contributed by atoms with Crippen LogP contribution in [0.1, 0.15) is 27.6 Å². The van der Waals surface area contributed by atoms with Crippen LogP contribution in [0.4, 0.5) is 0 Å². The summed E-state index contributed by atoms with van der Waals surface area (Å²) < 4.78 is 0. The van der Waals surface area contributed by atoms with E-state index in [1.165, 1.54) is 0 Å². The second-order valence-electron chi connectivity index (χ2n) is 6.23. The van der Waals surface area contributed by atoms with Gasteiger partial charge in [-0.1, -0.05) is 12.1 Å². The van der Waals surface area contributed by atoms with Gasteiger partial charge in [0.1, 0.15) is 0 Å². The summed E-state index contributed by atoms with van der Waals surface area (Å²) in [4.78, 5) is 29.4. The normalized spacial score (nSPS) is 11.3. The molecule has 3 aromatic rings. The topological polar surface area (TPSA) is 65.2 Å². The minimum Gasteiger partial charge on any atom is -0.354 e. The minimum atomic E-state index is -0.0965. The lowest BCUT2D eigenvalue weighted by Gasteiger charge is -2.10. The molecule has 5 heteroatoms. The maximum absolute atomic E-state index is 12.5. The minimum absolute atomic E-state index is 0.0313. The molecule has 5 nitrogen and oxygen atoms in total. The first-order valence-corrected chi connectivity index (χ1v) is 7.95. The molecule has 24 heavy (non-hydrogen) atoms. The van der Waals surface area contributed by atoms with Crippen molar-refractivity contribution < 1.29 is 9.59 Å². The highest BCUT2D eigenvalue weighted by atomic mass is 16.1. The van der Waals surface area contributed by atoms with Gasteiger partial charge in [-0.3, -0.25) is 9.59 Å². The molecule has 1 aromatic heterocycles. The van der Waals surface area contributed by atoms with Crippen LogP contribution in [0.2, 0.25) is 0 Å². The number of nitrogens with one attached hydrogen (secondary N) is 2. The SMILES string of the molecule is CC(=O)c1ccc2[nH]c3c(C(=O)NCCN(C)C)cccc3c2c1. The Morgan fingerprint density at radius 3 is 2.62 bits per heavy atom. The van der Waals surface area contributed by atoms with Crippen LogP contribution in [0.25, 0.3) is 21.8 Å². The van der Waals surface area contributed by atoms with Crippen molar-refractivity contribution in [1.29, 1.82) is 0 Å². The summed E-state index contributed by atoms with van der Waals surface area (Å²) in [5, 5.41) is 4.85. The summed E-state index contributed by atoms with van der Waals surface area (Å²) in [5.74, 6) is -0.0652. The average molecular weight is 323 g/mol. The van der Waals surface area contributed by atoms with Crippen LogP contribution in [-0.2, 0) is 0 Å². The number of ketones is 1. The molecular weight excluding hydrogens is 302 g/mol. The van der Waals surface area contributed by atoms with Gasteiger partial charge in [-0.05, 0) is 45.3 Å². The molecule has 1 heterocycles. The molecule has 2 aromatic carbocycles. The lowest BCUT2D eigenvalue weighted by molar-refractivity contribution is 0.0951. The lowest BCUT2D eigenvalue weighted by atomic mass is 10.1. The van der Waals surface area contributed by atoms with Crippen LogP contribution in [-0.4, -0.2) is 48.8 Å². The number of hydrogen-bond donors (Lipinski definition) is 2. The number of para-hydroxylation sites is 1. The predicted octanol–water partition coefficient (Wildman–Crippen LogP) is 2.82. The second-order valence-corrected chi connectivity index (χ2v) is 6.23. The van der Waals surface area contributed by atoms with Crippen LogP contribution in [0, 0.1) is 0 Å². The Balaban J connectivity index is 2.02. The molecule has 0 aliphatic carbocycles. The molecule has 0 unspecified atom stereocenters. The van der Waals surface area contributed by atoms with Gasteiger partial charge in [0.05, 0.1) is 11.1 Å². The van der Waals surface area contributed by atoms with Crippen molar-refractivity contribution in [2.45, 2.75) is 6.92 Å². The van der Waals surface area contributed by atoms with E-state index in [0.717, 1.165) is 28.4 Å². The Morgan fingerprint density at radius 1 is 1.12 bits per heavy atom. The quantitative estimate of drug-likeness (QED) is 0.710. The van der Waals surface area contributed by atoms with Crippen molar-refractivity contribution in [3.63, 3.8) is 0 Å². The number of carbonyl (C=O) groups is 2. The van der Waals surface area contributed by atoms with E-state index in [-0.39, 0.29) is 11.7 Å². The van der Waals surface area contributed by atoms with E-state index in [1.54, 1.807) is 13.0 Å². The maximum atomic E-state index is 12.5. The van der Waals surface area contributed by atoms with Gasteiger partial charge in [0.15, 0.2) is 5.78 Å². The number of nitrogens with zero attached hydrogens (tertiary/aromatic N) is 1. The van der Waals surface area contributed by atoms with E-state index >= 15 is 0 Å². The number of rotatable bonds is 5. The molecule has 3 rings (SSSR count). The van der Waals surface area contributed by atoms with E-state index in [4.69, 9.17) is 0 Å². The molecule has 0 aliphatic rings. The molecule has 0 atom stereocenters. The fourth-order valence-corrected chi connectivity index (χ4v) is 2.82. The number of aromatic amines is 1. The highest BCUT2D eigenvalue weighted by Crippen LogP contribution is 2.28. The number of fused-ring (bicyclic) bond motifs is 3. The van der Waals surface area contributed by atoms with Crippen molar-refractivity contribution >= 4 is 33.5 Å². The zero-order chi connectivity index (χ0) is 17.3. The van der Waals surface area contributed by atoms with Gasteiger partial charge >= 0.3 is 0 Å². The van der Waals surface area contributed by atoms with E-state index in [2.05, 4.69) is 10.3 Å². The van der Waals surface area contributed by atoms with Crippen molar-refractivity contribution in [2.75, 3.05) is 27.2 Å². The number of carbonyl (C=O) groups excluding carboxylic acids is 2.